The summed E-state index contributed by atoms with van der Waals surface area (Å²) in [6.07, 6.45) is 1.31. The van der Waals surface area contributed by atoms with Crippen molar-refractivity contribution in [3.8, 4) is 5.75 Å². The van der Waals surface area contributed by atoms with Crippen LogP contribution in [0.5, 0.6) is 5.75 Å². The second-order valence-corrected chi connectivity index (χ2v) is 8.19. The average molecular weight is 540 g/mol. The maximum absolute atomic E-state index is 13.3. The molecule has 0 unspecified atom stereocenters. The lowest BCUT2D eigenvalue weighted by atomic mass is 10.1. The van der Waals surface area contributed by atoms with Crippen LogP contribution in [0.3, 0.4) is 0 Å². The van der Waals surface area contributed by atoms with Gasteiger partial charge in [-0.25, -0.2) is 14.1 Å². The fourth-order valence-corrected chi connectivity index (χ4v) is 3.80. The Morgan fingerprint density at radius 3 is 2.46 bits per heavy atom. The zero-order chi connectivity index (χ0) is 25.1. The molecular formula is C24H15BrFN3O6. The third-order valence-electron chi connectivity index (χ3n) is 4.97. The fraction of sp³-hybridized carbons (Fsp3) is 0.0417. The quantitative estimate of drug-likeness (QED) is 0.209. The van der Waals surface area contributed by atoms with Crippen molar-refractivity contribution < 1.29 is 28.4 Å². The van der Waals surface area contributed by atoms with E-state index in [0.29, 0.717) is 21.3 Å². The van der Waals surface area contributed by atoms with E-state index in [2.05, 4.69) is 21.2 Å². The van der Waals surface area contributed by atoms with Crippen LogP contribution < -0.4 is 15.0 Å². The number of hydrogen-bond donors (Lipinski definition) is 1. The average Bonchev–Trinajstić information content (AvgIpc) is 2.81. The van der Waals surface area contributed by atoms with Gasteiger partial charge in [-0.1, -0.05) is 18.2 Å². The number of halogens is 2. The van der Waals surface area contributed by atoms with Gasteiger partial charge in [0.05, 0.1) is 15.1 Å². The summed E-state index contributed by atoms with van der Waals surface area (Å²) in [6, 6.07) is 14.6. The molecule has 0 atom stereocenters. The minimum Gasteiger partial charge on any atom is -0.488 e. The van der Waals surface area contributed by atoms with E-state index in [-0.39, 0.29) is 29.4 Å². The number of imide groups is 2. The molecule has 1 fully saturated rings. The fourth-order valence-electron chi connectivity index (χ4n) is 3.29. The summed E-state index contributed by atoms with van der Waals surface area (Å²) in [7, 11) is 0. The third-order valence-corrected chi connectivity index (χ3v) is 5.59. The molecule has 4 amide bonds. The van der Waals surface area contributed by atoms with E-state index >= 15 is 0 Å². The number of nitrogens with zero attached hydrogens (tertiary/aromatic N) is 2. The first-order chi connectivity index (χ1) is 16.7. The molecule has 1 aliphatic rings. The number of rotatable bonds is 6. The highest BCUT2D eigenvalue weighted by Gasteiger charge is 2.37. The molecule has 35 heavy (non-hydrogen) atoms. The summed E-state index contributed by atoms with van der Waals surface area (Å²) < 4.78 is 19.6. The van der Waals surface area contributed by atoms with Gasteiger partial charge in [0.1, 0.15) is 23.7 Å². The van der Waals surface area contributed by atoms with Gasteiger partial charge in [-0.2, -0.15) is 0 Å². The number of non-ortho nitro benzene ring substituents is 1. The molecule has 0 saturated carbocycles. The molecule has 0 aromatic heterocycles. The number of amides is 4. The van der Waals surface area contributed by atoms with Crippen molar-refractivity contribution in [2.75, 3.05) is 4.90 Å². The Morgan fingerprint density at radius 2 is 1.80 bits per heavy atom. The molecule has 3 aromatic carbocycles. The molecule has 1 saturated heterocycles. The van der Waals surface area contributed by atoms with E-state index in [1.165, 1.54) is 30.3 Å². The zero-order valence-corrected chi connectivity index (χ0v) is 19.3. The lowest BCUT2D eigenvalue weighted by molar-refractivity contribution is -0.384. The molecule has 0 spiro atoms. The van der Waals surface area contributed by atoms with Crippen LogP contribution in [0.1, 0.15) is 11.1 Å². The number of benzene rings is 3. The van der Waals surface area contributed by atoms with Crippen LogP contribution in [0, 0.1) is 15.9 Å². The molecular weight excluding hydrogens is 525 g/mol. The van der Waals surface area contributed by atoms with Crippen molar-refractivity contribution in [1.29, 1.82) is 0 Å². The number of carbonyl (C=O) groups is 3. The van der Waals surface area contributed by atoms with E-state index in [9.17, 15) is 28.9 Å². The molecule has 1 aliphatic heterocycles. The predicted octanol–water partition coefficient (Wildman–Crippen LogP) is 4.74. The maximum atomic E-state index is 13.3. The minimum atomic E-state index is -0.965. The smallest absolute Gasteiger partial charge is 0.335 e. The topological polar surface area (TPSA) is 119 Å². The van der Waals surface area contributed by atoms with Crippen LogP contribution >= 0.6 is 15.9 Å². The van der Waals surface area contributed by atoms with E-state index < -0.39 is 22.8 Å². The largest absolute Gasteiger partial charge is 0.488 e. The normalized spacial score (nSPS) is 14.7. The van der Waals surface area contributed by atoms with Crippen LogP contribution in [0.4, 0.5) is 20.6 Å². The number of barbiturate groups is 1. The van der Waals surface area contributed by atoms with Crippen molar-refractivity contribution >= 4 is 51.2 Å². The number of anilines is 1. The van der Waals surface area contributed by atoms with Crippen molar-refractivity contribution in [1.82, 2.24) is 5.32 Å². The predicted molar refractivity (Wildman–Crippen MR) is 127 cm³/mol. The number of ether oxygens (including phenoxy) is 1. The number of nitro groups is 1. The summed E-state index contributed by atoms with van der Waals surface area (Å²) in [5.41, 5.74) is 0.659. The summed E-state index contributed by atoms with van der Waals surface area (Å²) in [4.78, 5) is 48.6. The zero-order valence-electron chi connectivity index (χ0n) is 17.7. The van der Waals surface area contributed by atoms with Gasteiger partial charge in [-0.15, -0.1) is 0 Å². The molecule has 0 radical (unpaired) electrons. The third kappa shape index (κ3) is 5.25. The number of nitro benzene ring substituents is 1. The first-order valence-corrected chi connectivity index (χ1v) is 10.8. The van der Waals surface area contributed by atoms with Gasteiger partial charge in [0.2, 0.25) is 0 Å². The first-order valence-electron chi connectivity index (χ1n) is 10.1. The number of carbonyl (C=O) groups excluding carboxylic acids is 3. The first kappa shape index (κ1) is 23.8. The van der Waals surface area contributed by atoms with Gasteiger partial charge in [0, 0.05) is 12.1 Å². The molecule has 9 nitrogen and oxygen atoms in total. The highest BCUT2D eigenvalue weighted by Crippen LogP contribution is 2.29. The van der Waals surface area contributed by atoms with E-state index in [1.54, 1.807) is 30.3 Å². The summed E-state index contributed by atoms with van der Waals surface area (Å²) in [5, 5.41) is 13.0. The Labute approximate surface area is 206 Å². The molecule has 176 valence electrons. The second-order valence-electron chi connectivity index (χ2n) is 7.34. The molecule has 3 aromatic rings. The van der Waals surface area contributed by atoms with E-state index in [0.717, 1.165) is 17.0 Å². The van der Waals surface area contributed by atoms with Gasteiger partial charge in [0.25, 0.3) is 17.5 Å². The minimum absolute atomic E-state index is 0.0683. The number of urea groups is 1. The van der Waals surface area contributed by atoms with Crippen molar-refractivity contribution in [2.24, 2.45) is 0 Å². The van der Waals surface area contributed by atoms with Crippen molar-refractivity contribution in [2.45, 2.75) is 6.61 Å². The molecule has 0 bridgehead atoms. The Balaban J connectivity index is 1.56. The number of nitrogens with one attached hydrogen (secondary N) is 1. The van der Waals surface area contributed by atoms with Crippen molar-refractivity contribution in [3.05, 3.63) is 104 Å². The second kappa shape index (κ2) is 9.85. The monoisotopic (exact) mass is 539 g/mol. The van der Waals surface area contributed by atoms with Gasteiger partial charge >= 0.3 is 6.03 Å². The highest BCUT2D eigenvalue weighted by molar-refractivity contribution is 9.10. The Hall–Kier alpha value is -4.38. The standard InChI is InChI=1S/C24H15BrFN3O6/c25-20-12-14(4-9-21(20)35-13-15-2-1-3-16(26)10-15)11-19-22(30)27-24(32)28(23(19)31)17-5-7-18(8-6-17)29(33)34/h1-12H,13H2,(H,27,30,32)/b19-11+. The van der Waals surface area contributed by atoms with Gasteiger partial charge in [-0.3, -0.25) is 25.0 Å². The molecule has 11 heteroatoms. The van der Waals surface area contributed by atoms with Crippen molar-refractivity contribution in [3.63, 3.8) is 0 Å². The van der Waals surface area contributed by atoms with Crippen LogP contribution in [-0.4, -0.2) is 22.8 Å². The Morgan fingerprint density at radius 1 is 1.06 bits per heavy atom. The van der Waals surface area contributed by atoms with Crippen LogP contribution in [0.25, 0.3) is 6.08 Å². The van der Waals surface area contributed by atoms with Gasteiger partial charge < -0.3 is 4.74 Å². The van der Waals surface area contributed by atoms with Crippen LogP contribution in [0.2, 0.25) is 0 Å². The van der Waals surface area contributed by atoms with Crippen LogP contribution in [0.15, 0.2) is 76.8 Å². The number of hydrogen-bond acceptors (Lipinski definition) is 6. The van der Waals surface area contributed by atoms with E-state index in [4.69, 9.17) is 4.74 Å². The Bertz CT molecular complexity index is 1390. The molecule has 4 rings (SSSR count). The summed E-state index contributed by atoms with van der Waals surface area (Å²) in [5.74, 6) is -1.67. The molecule has 1 heterocycles. The molecule has 0 aliphatic carbocycles. The SMILES string of the molecule is O=C1NC(=O)N(c2ccc([N+](=O)[O-])cc2)C(=O)/C1=C/c1ccc(OCc2cccc(F)c2)c(Br)c1. The van der Waals surface area contributed by atoms with Gasteiger partial charge in [-0.05, 0) is 69.5 Å². The molecule has 1 N–H and O–H groups in total. The summed E-state index contributed by atoms with van der Waals surface area (Å²) >= 11 is 3.37. The summed E-state index contributed by atoms with van der Waals surface area (Å²) in [6.45, 7) is 0.129. The Kier molecular flexibility index (Phi) is 6.69. The van der Waals surface area contributed by atoms with E-state index in [1.807, 2.05) is 0 Å². The lowest BCUT2D eigenvalue weighted by Gasteiger charge is -2.26. The van der Waals surface area contributed by atoms with Gasteiger partial charge in [0.15, 0.2) is 0 Å². The lowest BCUT2D eigenvalue weighted by Crippen LogP contribution is -2.54. The maximum Gasteiger partial charge on any atom is 0.335 e. The van der Waals surface area contributed by atoms with Crippen LogP contribution in [-0.2, 0) is 16.2 Å². The highest BCUT2D eigenvalue weighted by atomic mass is 79.9.